The van der Waals surface area contributed by atoms with Crippen molar-refractivity contribution in [1.82, 2.24) is 4.90 Å². The van der Waals surface area contributed by atoms with Crippen molar-refractivity contribution in [3.05, 3.63) is 0 Å². The van der Waals surface area contributed by atoms with Gasteiger partial charge in [0, 0.05) is 13.1 Å². The molecule has 0 aromatic heterocycles. The highest BCUT2D eigenvalue weighted by atomic mass is 15.2. The third-order valence-corrected chi connectivity index (χ3v) is 2.87. The van der Waals surface area contributed by atoms with E-state index in [0.29, 0.717) is 0 Å². The van der Waals surface area contributed by atoms with Gasteiger partial charge >= 0.3 is 0 Å². The van der Waals surface area contributed by atoms with Crippen LogP contribution in [0.1, 0.15) is 20.3 Å². The highest BCUT2D eigenvalue weighted by molar-refractivity contribution is 4.91. The minimum Gasteiger partial charge on any atom is -0.315 e. The summed E-state index contributed by atoms with van der Waals surface area (Å²) in [6.07, 6.45) is 1.26. The lowest BCUT2D eigenvalue weighted by molar-refractivity contribution is 0.299. The van der Waals surface area contributed by atoms with Gasteiger partial charge < -0.3 is 10.6 Å². The van der Waals surface area contributed by atoms with Crippen LogP contribution in [0.2, 0.25) is 0 Å². The predicted octanol–water partition coefficient (Wildman–Crippen LogP) is 0.815. The predicted molar refractivity (Wildman–Crippen MR) is 53.0 cm³/mol. The Labute approximate surface area is 80.5 Å². The molecule has 0 saturated carbocycles. The molecular formula is C10H19N3. The first-order valence-corrected chi connectivity index (χ1v) is 5.01. The van der Waals surface area contributed by atoms with Gasteiger partial charge in [-0.25, -0.2) is 0 Å². The van der Waals surface area contributed by atoms with Crippen LogP contribution >= 0.6 is 0 Å². The van der Waals surface area contributed by atoms with Gasteiger partial charge in [-0.2, -0.15) is 5.26 Å². The van der Waals surface area contributed by atoms with Crippen LogP contribution in [0.25, 0.3) is 0 Å². The first kappa shape index (κ1) is 10.5. The first-order valence-electron chi connectivity index (χ1n) is 5.01. The summed E-state index contributed by atoms with van der Waals surface area (Å²) in [6, 6.07) is 1.76. The molecule has 0 amide bonds. The van der Waals surface area contributed by atoms with E-state index in [1.807, 2.05) is 0 Å². The second kappa shape index (κ2) is 4.59. The fourth-order valence-corrected chi connectivity index (χ4v) is 1.89. The second-order valence-corrected chi connectivity index (χ2v) is 4.29. The molecule has 0 aromatic carbocycles. The van der Waals surface area contributed by atoms with Crippen molar-refractivity contribution in [2.24, 2.45) is 17.6 Å². The summed E-state index contributed by atoms with van der Waals surface area (Å²) < 4.78 is 0. The van der Waals surface area contributed by atoms with Gasteiger partial charge in [0.25, 0.3) is 0 Å². The zero-order valence-corrected chi connectivity index (χ0v) is 8.53. The van der Waals surface area contributed by atoms with Crippen molar-refractivity contribution in [1.29, 1.82) is 5.26 Å². The Morgan fingerprint density at radius 2 is 2.31 bits per heavy atom. The van der Waals surface area contributed by atoms with Gasteiger partial charge in [-0.3, -0.25) is 0 Å². The number of likely N-dealkylation sites (tertiary alicyclic amines) is 1. The molecule has 1 aliphatic heterocycles. The zero-order valence-electron chi connectivity index (χ0n) is 8.53. The van der Waals surface area contributed by atoms with E-state index in [2.05, 4.69) is 24.8 Å². The number of hydrogen-bond acceptors (Lipinski definition) is 3. The lowest BCUT2D eigenvalue weighted by Crippen LogP contribution is -2.35. The third kappa shape index (κ3) is 2.98. The normalized spacial score (nSPS) is 26.2. The largest absolute Gasteiger partial charge is 0.315 e. The van der Waals surface area contributed by atoms with Crippen molar-refractivity contribution in [3.8, 4) is 6.07 Å². The fraction of sp³-hybridized carbons (Fsp3) is 0.900. The van der Waals surface area contributed by atoms with E-state index >= 15 is 0 Å². The van der Waals surface area contributed by atoms with Crippen LogP contribution in [0.5, 0.6) is 0 Å². The molecule has 2 unspecified atom stereocenters. The van der Waals surface area contributed by atoms with E-state index in [4.69, 9.17) is 11.0 Å². The maximum absolute atomic E-state index is 8.57. The van der Waals surface area contributed by atoms with Gasteiger partial charge in [-0.05, 0) is 24.8 Å². The summed E-state index contributed by atoms with van der Waals surface area (Å²) in [6.45, 7) is 7.49. The van der Waals surface area contributed by atoms with E-state index in [9.17, 15) is 0 Å². The molecule has 0 spiro atoms. The number of nitrogens with two attached hydrogens (primary N) is 1. The van der Waals surface area contributed by atoms with Crippen molar-refractivity contribution < 1.29 is 0 Å². The Hall–Kier alpha value is -0.590. The maximum atomic E-state index is 8.57. The first-order chi connectivity index (χ1) is 6.13. The Kier molecular flexibility index (Phi) is 3.71. The fourth-order valence-electron chi connectivity index (χ4n) is 1.89. The molecule has 13 heavy (non-hydrogen) atoms. The molecule has 74 valence electrons. The smallest absolute Gasteiger partial charge is 0.106 e. The molecule has 1 rings (SSSR count). The van der Waals surface area contributed by atoms with E-state index in [1.54, 1.807) is 0 Å². The number of hydrogen-bond donors (Lipinski definition) is 1. The highest BCUT2D eigenvalue weighted by Gasteiger charge is 2.25. The van der Waals surface area contributed by atoms with Crippen LogP contribution in [0.3, 0.4) is 0 Å². The Morgan fingerprint density at radius 1 is 1.62 bits per heavy atom. The second-order valence-electron chi connectivity index (χ2n) is 4.29. The SMILES string of the molecule is CC(C)C1CCN(CC(N)C#N)C1. The minimum atomic E-state index is -0.314. The number of rotatable bonds is 3. The van der Waals surface area contributed by atoms with E-state index in [-0.39, 0.29) is 6.04 Å². The molecule has 1 fully saturated rings. The molecule has 1 aliphatic rings. The molecule has 0 bridgehead atoms. The molecule has 3 heteroatoms. The highest BCUT2D eigenvalue weighted by Crippen LogP contribution is 2.23. The lowest BCUT2D eigenvalue weighted by Gasteiger charge is -2.18. The molecule has 1 saturated heterocycles. The maximum Gasteiger partial charge on any atom is 0.106 e. The van der Waals surface area contributed by atoms with Crippen LogP contribution in [0.15, 0.2) is 0 Å². The summed E-state index contributed by atoms with van der Waals surface area (Å²) in [5.41, 5.74) is 5.57. The summed E-state index contributed by atoms with van der Waals surface area (Å²) in [5, 5.41) is 8.57. The molecule has 2 atom stereocenters. The van der Waals surface area contributed by atoms with Crippen LogP contribution in [0, 0.1) is 23.2 Å². The summed E-state index contributed by atoms with van der Waals surface area (Å²) >= 11 is 0. The molecule has 0 aromatic rings. The van der Waals surface area contributed by atoms with Crippen molar-refractivity contribution in [3.63, 3.8) is 0 Å². The van der Waals surface area contributed by atoms with E-state index in [0.717, 1.165) is 31.5 Å². The number of nitriles is 1. The average molecular weight is 181 g/mol. The van der Waals surface area contributed by atoms with Crippen LogP contribution < -0.4 is 5.73 Å². The third-order valence-electron chi connectivity index (χ3n) is 2.87. The van der Waals surface area contributed by atoms with Crippen molar-refractivity contribution >= 4 is 0 Å². The molecule has 2 N–H and O–H groups in total. The summed E-state index contributed by atoms with van der Waals surface area (Å²) in [5.74, 6) is 1.55. The summed E-state index contributed by atoms with van der Waals surface area (Å²) in [7, 11) is 0. The Bertz CT molecular complexity index is 195. The van der Waals surface area contributed by atoms with E-state index < -0.39 is 0 Å². The van der Waals surface area contributed by atoms with Gasteiger partial charge in [-0.15, -0.1) is 0 Å². The minimum absolute atomic E-state index is 0.314. The van der Waals surface area contributed by atoms with Gasteiger partial charge in [0.2, 0.25) is 0 Å². The van der Waals surface area contributed by atoms with E-state index in [1.165, 1.54) is 6.42 Å². The van der Waals surface area contributed by atoms with Crippen molar-refractivity contribution in [2.45, 2.75) is 26.3 Å². The van der Waals surface area contributed by atoms with Gasteiger partial charge in [0.05, 0.1) is 6.07 Å². The van der Waals surface area contributed by atoms with Gasteiger partial charge in [0.1, 0.15) is 6.04 Å². The number of nitrogens with zero attached hydrogens (tertiary/aromatic N) is 2. The summed E-state index contributed by atoms with van der Waals surface area (Å²) in [4.78, 5) is 2.30. The van der Waals surface area contributed by atoms with Gasteiger partial charge in [-0.1, -0.05) is 13.8 Å². The quantitative estimate of drug-likeness (QED) is 0.701. The lowest BCUT2D eigenvalue weighted by atomic mass is 9.95. The molecule has 0 radical (unpaired) electrons. The average Bonchev–Trinajstić information content (AvgIpc) is 2.52. The van der Waals surface area contributed by atoms with Crippen LogP contribution in [0.4, 0.5) is 0 Å². The van der Waals surface area contributed by atoms with Crippen LogP contribution in [-0.4, -0.2) is 30.6 Å². The molecule has 0 aliphatic carbocycles. The van der Waals surface area contributed by atoms with Crippen LogP contribution in [-0.2, 0) is 0 Å². The molecular weight excluding hydrogens is 162 g/mol. The monoisotopic (exact) mass is 181 g/mol. The molecule has 1 heterocycles. The molecule has 3 nitrogen and oxygen atoms in total. The standard InChI is InChI=1S/C10H19N3/c1-8(2)9-3-4-13(6-9)7-10(12)5-11/h8-10H,3-4,6-7,12H2,1-2H3. The Morgan fingerprint density at radius 3 is 2.77 bits per heavy atom. The van der Waals surface area contributed by atoms with Gasteiger partial charge in [0.15, 0.2) is 0 Å². The topological polar surface area (TPSA) is 53.0 Å². The van der Waals surface area contributed by atoms with Crippen molar-refractivity contribution in [2.75, 3.05) is 19.6 Å². The Balaban J connectivity index is 2.30. The zero-order chi connectivity index (χ0) is 9.84.